The molecule has 0 bridgehead atoms. The van der Waals surface area contributed by atoms with Crippen LogP contribution in [0.15, 0.2) is 29.2 Å². The number of rotatable bonds is 4. The fraction of sp³-hybridized carbons (Fsp3) is 0.500. The zero-order valence-electron chi connectivity index (χ0n) is 14.6. The minimum absolute atomic E-state index is 0.187. The van der Waals surface area contributed by atoms with E-state index in [1.165, 1.54) is 16.4 Å². The van der Waals surface area contributed by atoms with Gasteiger partial charge in [0.05, 0.1) is 24.2 Å². The largest absolute Gasteiger partial charge is 0.391 e. The number of primary amides is 1. The molecular formula is C16H22N4O5S2. The minimum atomic E-state index is -3.56. The number of amides is 1. The Morgan fingerprint density at radius 3 is 2.48 bits per heavy atom. The monoisotopic (exact) mass is 414 g/mol. The molecule has 1 aromatic rings. The van der Waals surface area contributed by atoms with E-state index < -0.39 is 28.1 Å². The molecule has 0 spiro atoms. The number of nitrogens with one attached hydrogen (secondary N) is 1. The summed E-state index contributed by atoms with van der Waals surface area (Å²) >= 11 is 5.31. The third-order valence-electron chi connectivity index (χ3n) is 4.58. The third kappa shape index (κ3) is 4.38. The molecule has 0 saturated carbocycles. The number of aliphatic hydroxyl groups excluding tert-OH is 1. The fourth-order valence-corrected chi connectivity index (χ4v) is 4.88. The highest BCUT2D eigenvalue weighted by Gasteiger charge is 2.36. The highest BCUT2D eigenvalue weighted by molar-refractivity contribution is 7.89. The van der Waals surface area contributed by atoms with Crippen molar-refractivity contribution in [3.8, 4) is 0 Å². The molecule has 2 aliphatic rings. The van der Waals surface area contributed by atoms with Crippen LogP contribution < -0.4 is 11.1 Å². The maximum Gasteiger partial charge on any atom is 0.243 e. The summed E-state index contributed by atoms with van der Waals surface area (Å²) in [6, 6.07) is 5.54. The van der Waals surface area contributed by atoms with Gasteiger partial charge in [0, 0.05) is 31.7 Å². The molecule has 2 fully saturated rings. The summed E-state index contributed by atoms with van der Waals surface area (Å²) in [6.45, 7) is 1.64. The summed E-state index contributed by atoms with van der Waals surface area (Å²) in [7, 11) is -3.56. The number of carbonyl (C=O) groups is 1. The van der Waals surface area contributed by atoms with Crippen molar-refractivity contribution in [2.45, 2.75) is 23.5 Å². The Kier molecular flexibility index (Phi) is 5.96. The number of aliphatic hydroxyl groups is 1. The van der Waals surface area contributed by atoms with Crippen molar-refractivity contribution in [3.05, 3.63) is 24.3 Å². The molecule has 2 aliphatic heterocycles. The molecule has 2 atom stereocenters. The molecule has 2 saturated heterocycles. The Morgan fingerprint density at radius 2 is 1.89 bits per heavy atom. The average Bonchev–Trinajstić information content (AvgIpc) is 3.05. The number of nitrogens with zero attached hydrogens (tertiary/aromatic N) is 2. The molecule has 3 rings (SSSR count). The molecule has 0 radical (unpaired) electrons. The van der Waals surface area contributed by atoms with Crippen molar-refractivity contribution in [2.75, 3.05) is 38.2 Å². The molecule has 2 unspecified atom stereocenters. The second-order valence-electron chi connectivity index (χ2n) is 6.43. The van der Waals surface area contributed by atoms with E-state index in [4.69, 9.17) is 22.7 Å². The molecule has 4 N–H and O–H groups in total. The molecule has 148 valence electrons. The standard InChI is InChI=1S/C16H22N4O5S2/c17-15(22)14-9-12(21)10-20(14)16(26)18-11-1-3-13(4-2-11)27(23,24)19-5-7-25-8-6-19/h1-4,12,14,21H,5-10H2,(H2,17,22)(H,18,26). The zero-order valence-corrected chi connectivity index (χ0v) is 16.2. The van der Waals surface area contributed by atoms with Crippen LogP contribution >= 0.6 is 12.2 Å². The lowest BCUT2D eigenvalue weighted by Crippen LogP contribution is -2.45. The first kappa shape index (κ1) is 20.0. The van der Waals surface area contributed by atoms with Crippen LogP contribution in [0.4, 0.5) is 5.69 Å². The van der Waals surface area contributed by atoms with Gasteiger partial charge >= 0.3 is 0 Å². The number of carbonyl (C=O) groups excluding carboxylic acids is 1. The molecule has 0 aliphatic carbocycles. The fourth-order valence-electron chi connectivity index (χ4n) is 3.15. The number of benzene rings is 1. The summed E-state index contributed by atoms with van der Waals surface area (Å²) < 4.78 is 31.8. The molecule has 27 heavy (non-hydrogen) atoms. The van der Waals surface area contributed by atoms with Crippen molar-refractivity contribution in [1.82, 2.24) is 9.21 Å². The summed E-state index contributed by atoms with van der Waals surface area (Å²) in [5.74, 6) is -0.553. The summed E-state index contributed by atoms with van der Waals surface area (Å²) in [5.41, 5.74) is 5.94. The van der Waals surface area contributed by atoms with Gasteiger partial charge in [-0.2, -0.15) is 4.31 Å². The van der Waals surface area contributed by atoms with E-state index in [0.29, 0.717) is 32.0 Å². The summed E-state index contributed by atoms with van der Waals surface area (Å²) in [6.07, 6.45) is -0.447. The lowest BCUT2D eigenvalue weighted by Gasteiger charge is -2.26. The van der Waals surface area contributed by atoms with Crippen molar-refractivity contribution in [3.63, 3.8) is 0 Å². The highest BCUT2D eigenvalue weighted by atomic mass is 32.2. The van der Waals surface area contributed by atoms with E-state index >= 15 is 0 Å². The number of sulfonamides is 1. The topological polar surface area (TPSA) is 125 Å². The first-order valence-corrected chi connectivity index (χ1v) is 10.4. The van der Waals surface area contributed by atoms with E-state index in [2.05, 4.69) is 5.32 Å². The van der Waals surface area contributed by atoms with Gasteiger partial charge in [0.15, 0.2) is 5.11 Å². The van der Waals surface area contributed by atoms with E-state index in [1.807, 2.05) is 0 Å². The van der Waals surface area contributed by atoms with Gasteiger partial charge in [-0.15, -0.1) is 0 Å². The van der Waals surface area contributed by atoms with E-state index in [0.717, 1.165) is 0 Å². The molecule has 2 heterocycles. The number of hydrogen-bond acceptors (Lipinski definition) is 6. The normalized spacial score (nSPS) is 24.0. The molecule has 0 aromatic heterocycles. The number of hydrogen-bond donors (Lipinski definition) is 3. The zero-order chi connectivity index (χ0) is 19.6. The summed E-state index contributed by atoms with van der Waals surface area (Å²) in [4.78, 5) is 13.3. The Hall–Kier alpha value is -1.79. The smallest absolute Gasteiger partial charge is 0.243 e. The number of likely N-dealkylation sites (tertiary alicyclic amines) is 1. The van der Waals surface area contributed by atoms with Crippen LogP contribution in [-0.4, -0.2) is 78.7 Å². The lowest BCUT2D eigenvalue weighted by molar-refractivity contribution is -0.121. The predicted molar refractivity (Wildman–Crippen MR) is 103 cm³/mol. The second-order valence-corrected chi connectivity index (χ2v) is 8.76. The maximum absolute atomic E-state index is 12.6. The van der Waals surface area contributed by atoms with Gasteiger partial charge in [0.2, 0.25) is 15.9 Å². The number of nitrogens with two attached hydrogens (primary N) is 1. The highest BCUT2D eigenvalue weighted by Crippen LogP contribution is 2.22. The van der Waals surface area contributed by atoms with Crippen molar-refractivity contribution >= 4 is 38.9 Å². The van der Waals surface area contributed by atoms with Crippen LogP contribution in [0, 0.1) is 0 Å². The Morgan fingerprint density at radius 1 is 1.26 bits per heavy atom. The third-order valence-corrected chi connectivity index (χ3v) is 6.83. The predicted octanol–water partition coefficient (Wildman–Crippen LogP) is -0.675. The quantitative estimate of drug-likeness (QED) is 0.554. The molecule has 1 amide bonds. The van der Waals surface area contributed by atoms with E-state index in [9.17, 15) is 18.3 Å². The molecule has 1 aromatic carbocycles. The number of morpholine rings is 1. The van der Waals surface area contributed by atoms with Gasteiger partial charge < -0.3 is 25.8 Å². The van der Waals surface area contributed by atoms with Crippen LogP contribution in [-0.2, 0) is 19.6 Å². The number of β-amino-alcohol motifs (C(OH)–C–C–N with tert-alkyl or cyclic N) is 1. The van der Waals surface area contributed by atoms with Gasteiger partial charge in [-0.3, -0.25) is 4.79 Å². The maximum atomic E-state index is 12.6. The van der Waals surface area contributed by atoms with Gasteiger partial charge in [-0.25, -0.2) is 8.42 Å². The van der Waals surface area contributed by atoms with E-state index in [-0.39, 0.29) is 23.0 Å². The van der Waals surface area contributed by atoms with Crippen molar-refractivity contribution in [2.24, 2.45) is 5.73 Å². The minimum Gasteiger partial charge on any atom is -0.391 e. The van der Waals surface area contributed by atoms with Crippen LogP contribution in [0.3, 0.4) is 0 Å². The molecular weight excluding hydrogens is 392 g/mol. The summed E-state index contributed by atoms with van der Waals surface area (Å²) in [5, 5.41) is 13.0. The van der Waals surface area contributed by atoms with Crippen LogP contribution in [0.25, 0.3) is 0 Å². The van der Waals surface area contributed by atoms with Crippen LogP contribution in [0.2, 0.25) is 0 Å². The Bertz CT molecular complexity index is 809. The van der Waals surface area contributed by atoms with Crippen molar-refractivity contribution in [1.29, 1.82) is 0 Å². The number of ether oxygens (including phenoxy) is 1. The van der Waals surface area contributed by atoms with Crippen molar-refractivity contribution < 1.29 is 23.1 Å². The Balaban J connectivity index is 1.68. The number of thiocarbonyl (C=S) groups is 1. The second kappa shape index (κ2) is 8.07. The van der Waals surface area contributed by atoms with Crippen LogP contribution in [0.1, 0.15) is 6.42 Å². The van der Waals surface area contributed by atoms with Crippen LogP contribution in [0.5, 0.6) is 0 Å². The van der Waals surface area contributed by atoms with Gasteiger partial charge in [0.25, 0.3) is 0 Å². The SMILES string of the molecule is NC(=O)C1CC(O)CN1C(=S)Nc1ccc(S(=O)(=O)N2CCOCC2)cc1. The van der Waals surface area contributed by atoms with Gasteiger partial charge in [0.1, 0.15) is 6.04 Å². The molecule has 9 nitrogen and oxygen atoms in total. The molecule has 11 heteroatoms. The van der Waals surface area contributed by atoms with Gasteiger partial charge in [-0.05, 0) is 36.5 Å². The first-order valence-electron chi connectivity index (χ1n) is 8.52. The first-order chi connectivity index (χ1) is 12.8. The lowest BCUT2D eigenvalue weighted by atomic mass is 10.2. The number of anilines is 1. The Labute approximate surface area is 163 Å². The van der Waals surface area contributed by atoms with E-state index in [1.54, 1.807) is 17.0 Å². The average molecular weight is 415 g/mol. The van der Waals surface area contributed by atoms with Gasteiger partial charge in [-0.1, -0.05) is 0 Å².